The lowest BCUT2D eigenvalue weighted by molar-refractivity contribution is -0.128. The standard InChI is InChI=1S/C19H27FN2O4S/c1-26-13-17-10-19(23)21(12-17)11-15-6-8-22(9-7-15)27(24,25)14-16-2-4-18(20)5-3-16/h2-5,15,17H,6-14H2,1H3. The molecule has 2 aliphatic rings. The zero-order valence-electron chi connectivity index (χ0n) is 15.6. The van der Waals surface area contributed by atoms with Crippen molar-refractivity contribution in [2.45, 2.75) is 25.0 Å². The van der Waals surface area contributed by atoms with Gasteiger partial charge >= 0.3 is 0 Å². The summed E-state index contributed by atoms with van der Waals surface area (Å²) in [6.45, 7) is 2.97. The molecule has 0 aliphatic carbocycles. The fourth-order valence-electron chi connectivity index (χ4n) is 3.94. The molecule has 2 fully saturated rings. The number of sulfonamides is 1. The smallest absolute Gasteiger partial charge is 0.223 e. The van der Waals surface area contributed by atoms with Crippen LogP contribution in [0, 0.1) is 17.7 Å². The molecule has 3 rings (SSSR count). The van der Waals surface area contributed by atoms with E-state index in [0.717, 1.165) is 19.4 Å². The van der Waals surface area contributed by atoms with Crippen LogP contribution in [0.4, 0.5) is 4.39 Å². The van der Waals surface area contributed by atoms with E-state index in [2.05, 4.69) is 0 Å². The molecule has 0 N–H and O–H groups in total. The zero-order valence-corrected chi connectivity index (χ0v) is 16.5. The van der Waals surface area contributed by atoms with E-state index >= 15 is 0 Å². The maximum Gasteiger partial charge on any atom is 0.223 e. The SMILES string of the molecule is COCC1CC(=O)N(CC2CCN(S(=O)(=O)Cc3ccc(F)cc3)CC2)C1. The topological polar surface area (TPSA) is 66.9 Å². The Bertz CT molecular complexity index is 745. The summed E-state index contributed by atoms with van der Waals surface area (Å²) in [5.41, 5.74) is 0.588. The number of nitrogens with zero attached hydrogens (tertiary/aromatic N) is 2. The number of ether oxygens (including phenoxy) is 1. The predicted molar refractivity (Wildman–Crippen MR) is 99.9 cm³/mol. The van der Waals surface area contributed by atoms with Crippen LogP contribution in [-0.4, -0.2) is 63.4 Å². The maximum absolute atomic E-state index is 13.0. The van der Waals surface area contributed by atoms with E-state index in [1.165, 1.54) is 28.6 Å². The molecule has 0 radical (unpaired) electrons. The summed E-state index contributed by atoms with van der Waals surface area (Å²) in [7, 11) is -1.76. The predicted octanol–water partition coefficient (Wildman–Crippen LogP) is 1.86. The van der Waals surface area contributed by atoms with Gasteiger partial charge in [0, 0.05) is 45.6 Å². The van der Waals surface area contributed by atoms with Gasteiger partial charge in [-0.3, -0.25) is 4.79 Å². The van der Waals surface area contributed by atoms with Crippen LogP contribution < -0.4 is 0 Å². The lowest BCUT2D eigenvalue weighted by Gasteiger charge is -2.33. The van der Waals surface area contributed by atoms with Crippen LogP contribution in [0.3, 0.4) is 0 Å². The monoisotopic (exact) mass is 398 g/mol. The van der Waals surface area contributed by atoms with Crippen molar-refractivity contribution in [2.24, 2.45) is 11.8 Å². The Hall–Kier alpha value is -1.51. The molecule has 1 aromatic rings. The zero-order chi connectivity index (χ0) is 19.4. The lowest BCUT2D eigenvalue weighted by Crippen LogP contribution is -2.42. The average Bonchev–Trinajstić information content (AvgIpc) is 2.97. The Morgan fingerprint density at radius 2 is 1.81 bits per heavy atom. The molecule has 2 aliphatic heterocycles. The van der Waals surface area contributed by atoms with E-state index in [1.54, 1.807) is 7.11 Å². The van der Waals surface area contributed by atoms with Crippen LogP contribution in [0.5, 0.6) is 0 Å². The second kappa shape index (κ2) is 8.67. The molecular formula is C19H27FN2O4S. The molecule has 6 nitrogen and oxygen atoms in total. The van der Waals surface area contributed by atoms with Gasteiger partial charge in [0.2, 0.25) is 15.9 Å². The number of likely N-dealkylation sites (tertiary alicyclic amines) is 1. The number of piperidine rings is 1. The Morgan fingerprint density at radius 3 is 2.44 bits per heavy atom. The van der Waals surface area contributed by atoms with E-state index in [1.807, 2.05) is 4.90 Å². The number of hydrogen-bond acceptors (Lipinski definition) is 4. The molecule has 0 saturated carbocycles. The second-order valence-corrected chi connectivity index (χ2v) is 9.52. The first-order valence-electron chi connectivity index (χ1n) is 9.36. The second-order valence-electron chi connectivity index (χ2n) is 7.55. The third kappa shape index (κ3) is 5.27. The third-order valence-electron chi connectivity index (χ3n) is 5.40. The van der Waals surface area contributed by atoms with Gasteiger partial charge in [-0.15, -0.1) is 0 Å². The number of methoxy groups -OCH3 is 1. The molecule has 0 spiro atoms. The number of halogens is 1. The Kier molecular flexibility index (Phi) is 6.49. The van der Waals surface area contributed by atoms with Crippen molar-refractivity contribution in [3.8, 4) is 0 Å². The highest BCUT2D eigenvalue weighted by molar-refractivity contribution is 7.88. The summed E-state index contributed by atoms with van der Waals surface area (Å²) < 4.78 is 44.9. The van der Waals surface area contributed by atoms with Crippen molar-refractivity contribution in [3.05, 3.63) is 35.6 Å². The van der Waals surface area contributed by atoms with Crippen molar-refractivity contribution in [3.63, 3.8) is 0 Å². The molecule has 1 aromatic carbocycles. The van der Waals surface area contributed by atoms with Gasteiger partial charge in [0.15, 0.2) is 0 Å². The van der Waals surface area contributed by atoms with Crippen LogP contribution >= 0.6 is 0 Å². The van der Waals surface area contributed by atoms with Crippen LogP contribution in [0.1, 0.15) is 24.8 Å². The van der Waals surface area contributed by atoms with Crippen LogP contribution in [0.25, 0.3) is 0 Å². The third-order valence-corrected chi connectivity index (χ3v) is 7.25. The molecule has 8 heteroatoms. The van der Waals surface area contributed by atoms with E-state index in [-0.39, 0.29) is 23.4 Å². The average molecular weight is 399 g/mol. The number of rotatable bonds is 7. The van der Waals surface area contributed by atoms with E-state index in [0.29, 0.717) is 44.1 Å². The van der Waals surface area contributed by atoms with Gasteiger partial charge in [-0.2, -0.15) is 0 Å². The number of carbonyl (C=O) groups is 1. The normalized spacial score (nSPS) is 22.5. The molecule has 27 heavy (non-hydrogen) atoms. The summed E-state index contributed by atoms with van der Waals surface area (Å²) in [6.07, 6.45) is 2.04. The van der Waals surface area contributed by atoms with E-state index in [9.17, 15) is 17.6 Å². The molecule has 150 valence electrons. The Morgan fingerprint density at radius 1 is 1.15 bits per heavy atom. The molecule has 0 bridgehead atoms. The van der Waals surface area contributed by atoms with Gasteiger partial charge in [0.05, 0.1) is 12.4 Å². The maximum atomic E-state index is 13.0. The lowest BCUT2D eigenvalue weighted by atomic mass is 9.97. The highest BCUT2D eigenvalue weighted by Crippen LogP contribution is 2.25. The van der Waals surface area contributed by atoms with Crippen molar-refractivity contribution in [2.75, 3.05) is 39.9 Å². The minimum Gasteiger partial charge on any atom is -0.384 e. The molecule has 0 aromatic heterocycles. The first kappa shape index (κ1) is 20.2. The van der Waals surface area contributed by atoms with Gasteiger partial charge < -0.3 is 9.64 Å². The number of benzene rings is 1. The Balaban J connectivity index is 1.49. The number of amides is 1. The minimum absolute atomic E-state index is 0.110. The number of hydrogen-bond donors (Lipinski definition) is 0. The van der Waals surface area contributed by atoms with Crippen LogP contribution in [-0.2, 0) is 25.3 Å². The number of carbonyl (C=O) groups excluding carboxylic acids is 1. The Labute approximate surface area is 160 Å². The fourth-order valence-corrected chi connectivity index (χ4v) is 5.51. The summed E-state index contributed by atoms with van der Waals surface area (Å²) in [5, 5.41) is 0. The van der Waals surface area contributed by atoms with Crippen molar-refractivity contribution in [1.82, 2.24) is 9.21 Å². The molecule has 1 atom stereocenters. The molecule has 1 amide bonds. The molecule has 2 heterocycles. The highest BCUT2D eigenvalue weighted by Gasteiger charge is 2.33. The quantitative estimate of drug-likeness (QED) is 0.703. The van der Waals surface area contributed by atoms with E-state index in [4.69, 9.17) is 4.74 Å². The van der Waals surface area contributed by atoms with Gasteiger partial charge in [-0.25, -0.2) is 17.1 Å². The van der Waals surface area contributed by atoms with E-state index < -0.39 is 10.0 Å². The van der Waals surface area contributed by atoms with Crippen molar-refractivity contribution >= 4 is 15.9 Å². The summed E-state index contributed by atoms with van der Waals surface area (Å²) in [6, 6.07) is 5.58. The van der Waals surface area contributed by atoms with Crippen molar-refractivity contribution in [1.29, 1.82) is 0 Å². The van der Waals surface area contributed by atoms with Gasteiger partial charge in [-0.05, 0) is 36.5 Å². The minimum atomic E-state index is -3.41. The first-order valence-corrected chi connectivity index (χ1v) is 11.0. The van der Waals surface area contributed by atoms with Crippen LogP contribution in [0.2, 0.25) is 0 Å². The fraction of sp³-hybridized carbons (Fsp3) is 0.632. The summed E-state index contributed by atoms with van der Waals surface area (Å²) in [4.78, 5) is 14.0. The molecular weight excluding hydrogens is 371 g/mol. The van der Waals surface area contributed by atoms with Gasteiger partial charge in [0.1, 0.15) is 5.82 Å². The van der Waals surface area contributed by atoms with Crippen molar-refractivity contribution < 1.29 is 22.3 Å². The highest BCUT2D eigenvalue weighted by atomic mass is 32.2. The molecule has 2 saturated heterocycles. The van der Waals surface area contributed by atoms with Gasteiger partial charge in [-0.1, -0.05) is 12.1 Å². The molecule has 1 unspecified atom stereocenters. The summed E-state index contributed by atoms with van der Waals surface area (Å²) in [5.74, 6) is 0.275. The first-order chi connectivity index (χ1) is 12.9. The van der Waals surface area contributed by atoms with Gasteiger partial charge in [0.25, 0.3) is 0 Å². The van der Waals surface area contributed by atoms with Crippen LogP contribution in [0.15, 0.2) is 24.3 Å². The summed E-state index contributed by atoms with van der Waals surface area (Å²) >= 11 is 0. The largest absolute Gasteiger partial charge is 0.384 e.